The first kappa shape index (κ1) is 15.3. The number of aliphatic carboxylic acids is 1. The normalized spacial score (nSPS) is 10.5. The number of hydrogen-bond acceptors (Lipinski definition) is 4. The Morgan fingerprint density at radius 1 is 1.38 bits per heavy atom. The average Bonchev–Trinajstić information content (AvgIpc) is 2.90. The molecule has 0 unspecified atom stereocenters. The molecule has 0 radical (unpaired) electrons. The molecule has 2 N–H and O–H groups in total. The highest BCUT2D eigenvalue weighted by Crippen LogP contribution is 2.24. The number of anilines is 1. The van der Waals surface area contributed by atoms with Gasteiger partial charge in [-0.2, -0.15) is 0 Å². The monoisotopic (exact) mass is 308 g/mol. The van der Waals surface area contributed by atoms with E-state index in [1.807, 2.05) is 23.6 Å². The lowest BCUT2D eigenvalue weighted by molar-refractivity contribution is -0.137. The van der Waals surface area contributed by atoms with Crippen molar-refractivity contribution >= 4 is 39.1 Å². The molecule has 1 aromatic carbocycles. The van der Waals surface area contributed by atoms with Crippen molar-refractivity contribution in [1.29, 1.82) is 0 Å². The van der Waals surface area contributed by atoms with E-state index in [1.165, 1.54) is 12.0 Å². The first-order chi connectivity index (χ1) is 10.1. The van der Waals surface area contributed by atoms with Crippen molar-refractivity contribution in [3.63, 3.8) is 0 Å². The van der Waals surface area contributed by atoms with Crippen molar-refractivity contribution in [1.82, 2.24) is 4.90 Å². The summed E-state index contributed by atoms with van der Waals surface area (Å²) < 4.78 is 6.02. The Morgan fingerprint density at radius 2 is 2.19 bits per heavy atom. The van der Waals surface area contributed by atoms with Gasteiger partial charge < -0.3 is 20.1 Å². The molecule has 112 valence electrons. The molecule has 0 saturated carbocycles. The number of nitrogens with zero attached hydrogens (tertiary/aromatic N) is 1. The van der Waals surface area contributed by atoms with Crippen LogP contribution in [0.1, 0.15) is 0 Å². The van der Waals surface area contributed by atoms with Crippen molar-refractivity contribution in [2.75, 3.05) is 32.1 Å². The largest absolute Gasteiger partial charge is 0.480 e. The summed E-state index contributed by atoms with van der Waals surface area (Å²) in [6, 6.07) is 7.09. The van der Waals surface area contributed by atoms with Crippen molar-refractivity contribution < 1.29 is 19.4 Å². The molecule has 0 saturated heterocycles. The van der Waals surface area contributed by atoms with E-state index in [1.54, 1.807) is 17.4 Å². The second-order valence-electron chi connectivity index (χ2n) is 4.41. The molecule has 0 aliphatic carbocycles. The Bertz CT molecular complexity index is 641. The number of fused-ring (bicyclic) bond motifs is 1. The topological polar surface area (TPSA) is 78.9 Å². The number of carbonyl (C=O) groups is 2. The number of benzene rings is 1. The van der Waals surface area contributed by atoms with E-state index >= 15 is 0 Å². The van der Waals surface area contributed by atoms with Crippen LogP contribution >= 0.6 is 11.3 Å². The zero-order valence-corrected chi connectivity index (χ0v) is 12.4. The predicted octanol–water partition coefficient (Wildman–Crippen LogP) is 2.47. The lowest BCUT2D eigenvalue weighted by atomic mass is 10.2. The lowest BCUT2D eigenvalue weighted by Gasteiger charge is -2.20. The highest BCUT2D eigenvalue weighted by atomic mass is 32.1. The molecule has 0 spiro atoms. The fraction of sp³-hybridized carbons (Fsp3) is 0.286. The summed E-state index contributed by atoms with van der Waals surface area (Å²) in [5, 5.41) is 14.6. The Balaban J connectivity index is 2.07. The summed E-state index contributed by atoms with van der Waals surface area (Å²) in [6.45, 7) is 0.134. The molecule has 0 fully saturated rings. The summed E-state index contributed by atoms with van der Waals surface area (Å²) in [4.78, 5) is 24.1. The van der Waals surface area contributed by atoms with Gasteiger partial charge in [0.1, 0.15) is 6.54 Å². The molecule has 0 aliphatic rings. The third-order valence-electron chi connectivity index (χ3n) is 2.88. The number of methoxy groups -OCH3 is 1. The summed E-state index contributed by atoms with van der Waals surface area (Å²) >= 11 is 1.62. The quantitative estimate of drug-likeness (QED) is 0.859. The summed E-state index contributed by atoms with van der Waals surface area (Å²) in [5.74, 6) is -1.06. The predicted molar refractivity (Wildman–Crippen MR) is 81.9 cm³/mol. The molecule has 2 aromatic rings. The van der Waals surface area contributed by atoms with E-state index < -0.39 is 12.0 Å². The van der Waals surface area contributed by atoms with Crippen LogP contribution in [-0.2, 0) is 9.53 Å². The highest BCUT2D eigenvalue weighted by Gasteiger charge is 2.16. The van der Waals surface area contributed by atoms with E-state index in [0.29, 0.717) is 5.69 Å². The molecule has 6 nitrogen and oxygen atoms in total. The van der Waals surface area contributed by atoms with Gasteiger partial charge in [0.25, 0.3) is 0 Å². The van der Waals surface area contributed by atoms with Crippen molar-refractivity contribution in [3.05, 3.63) is 29.6 Å². The first-order valence-electron chi connectivity index (χ1n) is 6.34. The minimum Gasteiger partial charge on any atom is -0.480 e. The average molecular weight is 308 g/mol. The maximum absolute atomic E-state index is 12.1. The standard InChI is InChI=1S/C14H16N2O4S/c1-20-6-5-16(9-13(17)18)14(19)15-11-2-3-12-10(8-11)4-7-21-12/h2-4,7-8H,5-6,9H2,1H3,(H,15,19)(H,17,18). The van der Waals surface area contributed by atoms with Crippen LogP contribution in [0.5, 0.6) is 0 Å². The van der Waals surface area contributed by atoms with Gasteiger partial charge in [0.15, 0.2) is 0 Å². The second kappa shape index (κ2) is 7.05. The number of amides is 2. The van der Waals surface area contributed by atoms with Crippen molar-refractivity contribution in [2.24, 2.45) is 0 Å². The van der Waals surface area contributed by atoms with Gasteiger partial charge in [-0.1, -0.05) is 0 Å². The fourth-order valence-corrected chi connectivity index (χ4v) is 2.64. The fourth-order valence-electron chi connectivity index (χ4n) is 1.86. The van der Waals surface area contributed by atoms with Gasteiger partial charge in [0.2, 0.25) is 0 Å². The molecule has 1 aromatic heterocycles. The van der Waals surface area contributed by atoms with Crippen LogP contribution in [0.4, 0.5) is 10.5 Å². The van der Waals surface area contributed by atoms with E-state index in [0.717, 1.165) is 10.1 Å². The third-order valence-corrected chi connectivity index (χ3v) is 3.78. The van der Waals surface area contributed by atoms with Crippen LogP contribution in [0.3, 0.4) is 0 Å². The number of rotatable bonds is 6. The number of carboxylic acids is 1. The SMILES string of the molecule is COCCN(CC(=O)O)C(=O)Nc1ccc2sccc2c1. The summed E-state index contributed by atoms with van der Waals surface area (Å²) in [5.41, 5.74) is 0.638. The van der Waals surface area contributed by atoms with Crippen LogP contribution < -0.4 is 5.32 Å². The Kier molecular flexibility index (Phi) is 5.13. The van der Waals surface area contributed by atoms with Gasteiger partial charge in [-0.05, 0) is 35.0 Å². The minimum absolute atomic E-state index is 0.218. The second-order valence-corrected chi connectivity index (χ2v) is 5.36. The number of carbonyl (C=O) groups excluding carboxylic acids is 1. The van der Waals surface area contributed by atoms with Crippen molar-refractivity contribution in [3.8, 4) is 0 Å². The minimum atomic E-state index is -1.06. The Labute approximate surface area is 125 Å². The smallest absolute Gasteiger partial charge is 0.323 e. The number of hydrogen-bond donors (Lipinski definition) is 2. The lowest BCUT2D eigenvalue weighted by Crippen LogP contribution is -2.40. The first-order valence-corrected chi connectivity index (χ1v) is 7.22. The Morgan fingerprint density at radius 3 is 2.90 bits per heavy atom. The zero-order chi connectivity index (χ0) is 15.2. The van der Waals surface area contributed by atoms with Gasteiger partial charge in [0.05, 0.1) is 6.61 Å². The third kappa shape index (κ3) is 4.17. The van der Waals surface area contributed by atoms with E-state index in [9.17, 15) is 9.59 Å². The Hall–Kier alpha value is -2.12. The summed E-state index contributed by atoms with van der Waals surface area (Å²) in [7, 11) is 1.50. The maximum atomic E-state index is 12.1. The highest BCUT2D eigenvalue weighted by molar-refractivity contribution is 7.17. The number of carboxylic acid groups (broad SMARTS) is 1. The number of thiophene rings is 1. The van der Waals surface area contributed by atoms with E-state index in [-0.39, 0.29) is 19.7 Å². The molecule has 7 heteroatoms. The van der Waals surface area contributed by atoms with E-state index in [2.05, 4.69) is 5.32 Å². The van der Waals surface area contributed by atoms with Crippen LogP contribution in [0.25, 0.3) is 10.1 Å². The van der Waals surface area contributed by atoms with Gasteiger partial charge in [-0.25, -0.2) is 4.79 Å². The van der Waals surface area contributed by atoms with Gasteiger partial charge in [-0.15, -0.1) is 11.3 Å². The summed E-state index contributed by atoms with van der Waals surface area (Å²) in [6.07, 6.45) is 0. The van der Waals surface area contributed by atoms with Crippen LogP contribution in [-0.4, -0.2) is 48.8 Å². The van der Waals surface area contributed by atoms with Crippen LogP contribution in [0, 0.1) is 0 Å². The van der Waals surface area contributed by atoms with Gasteiger partial charge in [0, 0.05) is 24.0 Å². The molecular weight excluding hydrogens is 292 g/mol. The van der Waals surface area contributed by atoms with Crippen LogP contribution in [0.15, 0.2) is 29.6 Å². The number of ether oxygens (including phenoxy) is 1. The van der Waals surface area contributed by atoms with Gasteiger partial charge >= 0.3 is 12.0 Å². The molecule has 2 amide bonds. The number of urea groups is 1. The van der Waals surface area contributed by atoms with Gasteiger partial charge in [-0.3, -0.25) is 4.79 Å². The molecule has 21 heavy (non-hydrogen) atoms. The number of nitrogens with one attached hydrogen (secondary N) is 1. The molecule has 2 rings (SSSR count). The molecule has 1 heterocycles. The molecule has 0 bridgehead atoms. The molecule has 0 atom stereocenters. The zero-order valence-electron chi connectivity index (χ0n) is 11.5. The van der Waals surface area contributed by atoms with Crippen molar-refractivity contribution in [2.45, 2.75) is 0 Å². The van der Waals surface area contributed by atoms with Crippen LogP contribution in [0.2, 0.25) is 0 Å². The molecule has 0 aliphatic heterocycles. The molecular formula is C14H16N2O4S. The van der Waals surface area contributed by atoms with E-state index in [4.69, 9.17) is 9.84 Å². The maximum Gasteiger partial charge on any atom is 0.323 e.